The minimum atomic E-state index is -3.45. The second-order valence-corrected chi connectivity index (χ2v) is 10.1. The molecular formula is C18H27IN4O2S3. The van der Waals surface area contributed by atoms with Crippen LogP contribution in [0.2, 0.25) is 0 Å². The molecule has 1 aromatic carbocycles. The van der Waals surface area contributed by atoms with Gasteiger partial charge in [0.15, 0.2) is 5.96 Å². The van der Waals surface area contributed by atoms with Crippen LogP contribution in [0.25, 0.3) is 0 Å². The second kappa shape index (κ2) is 12.0. The number of aliphatic imine (C=N–C) groups is 1. The number of aryl methyl sites for hydroxylation is 2. The number of hydrogen-bond donors (Lipinski definition) is 3. The molecule has 156 valence electrons. The maximum Gasteiger partial charge on any atom is 0.250 e. The molecule has 0 spiro atoms. The highest BCUT2D eigenvalue weighted by Crippen LogP contribution is 2.21. The third kappa shape index (κ3) is 7.54. The highest BCUT2D eigenvalue weighted by molar-refractivity contribution is 14.0. The topological polar surface area (TPSA) is 82.6 Å². The van der Waals surface area contributed by atoms with Crippen LogP contribution in [-0.4, -0.2) is 40.8 Å². The molecule has 2 aromatic rings. The molecule has 1 aromatic heterocycles. The molecule has 0 saturated carbocycles. The average Bonchev–Trinajstić information content (AvgIpc) is 3.09. The smallest absolute Gasteiger partial charge is 0.250 e. The van der Waals surface area contributed by atoms with E-state index in [9.17, 15) is 8.42 Å². The first-order valence-electron chi connectivity index (χ1n) is 8.50. The molecule has 0 radical (unpaired) electrons. The summed E-state index contributed by atoms with van der Waals surface area (Å²) in [6.07, 6.45) is 2.06. The molecule has 3 N–H and O–H groups in total. The standard InChI is InChI=1S/C18H26N4O2S3.HI/c1-13-5-7-15(16(11-13)25-4)12-21-18(19-3)20-9-10-22-27(23,24)17-8-6-14(2)26-17;/h5-8,11,22H,9-10,12H2,1-4H3,(H2,19,20,21);1H. The fraction of sp³-hybridized carbons (Fsp3) is 0.389. The van der Waals surface area contributed by atoms with E-state index in [1.165, 1.54) is 27.4 Å². The molecule has 0 aliphatic carbocycles. The van der Waals surface area contributed by atoms with Crippen LogP contribution in [0.1, 0.15) is 16.0 Å². The van der Waals surface area contributed by atoms with Crippen molar-refractivity contribution in [2.45, 2.75) is 29.5 Å². The minimum absolute atomic E-state index is 0. The van der Waals surface area contributed by atoms with Gasteiger partial charge in [-0.05, 0) is 49.4 Å². The van der Waals surface area contributed by atoms with E-state index in [4.69, 9.17) is 0 Å². The lowest BCUT2D eigenvalue weighted by molar-refractivity contribution is 0.582. The summed E-state index contributed by atoms with van der Waals surface area (Å²) in [5, 5.41) is 6.39. The highest BCUT2D eigenvalue weighted by atomic mass is 127. The van der Waals surface area contributed by atoms with Gasteiger partial charge in [0.25, 0.3) is 0 Å². The van der Waals surface area contributed by atoms with Gasteiger partial charge < -0.3 is 10.6 Å². The summed E-state index contributed by atoms with van der Waals surface area (Å²) in [6, 6.07) is 9.80. The van der Waals surface area contributed by atoms with E-state index in [0.717, 1.165) is 4.88 Å². The number of thioether (sulfide) groups is 1. The van der Waals surface area contributed by atoms with E-state index < -0.39 is 10.0 Å². The van der Waals surface area contributed by atoms with E-state index in [1.54, 1.807) is 30.9 Å². The maximum absolute atomic E-state index is 12.2. The van der Waals surface area contributed by atoms with Crippen LogP contribution >= 0.6 is 47.1 Å². The number of rotatable bonds is 8. The summed E-state index contributed by atoms with van der Waals surface area (Å²) in [7, 11) is -1.75. The van der Waals surface area contributed by atoms with Gasteiger partial charge in [0.2, 0.25) is 10.0 Å². The monoisotopic (exact) mass is 554 g/mol. The van der Waals surface area contributed by atoms with Gasteiger partial charge in [0.05, 0.1) is 0 Å². The number of nitrogens with one attached hydrogen (secondary N) is 3. The SMILES string of the molecule is CN=C(NCCNS(=O)(=O)c1ccc(C)s1)NCc1ccc(C)cc1SC.I. The normalized spacial score (nSPS) is 11.8. The van der Waals surface area contributed by atoms with Crippen LogP contribution in [0.15, 0.2) is 44.4 Å². The summed E-state index contributed by atoms with van der Waals surface area (Å²) in [5.74, 6) is 0.633. The predicted octanol–water partition coefficient (Wildman–Crippen LogP) is 3.35. The Balaban J connectivity index is 0.00000392. The van der Waals surface area contributed by atoms with E-state index in [0.29, 0.717) is 23.3 Å². The molecule has 1 heterocycles. The van der Waals surface area contributed by atoms with Crippen molar-refractivity contribution in [1.82, 2.24) is 15.4 Å². The number of sulfonamides is 1. The Morgan fingerprint density at radius 2 is 1.89 bits per heavy atom. The van der Waals surface area contributed by atoms with Crippen LogP contribution in [0.4, 0.5) is 0 Å². The van der Waals surface area contributed by atoms with Crippen LogP contribution in [0, 0.1) is 13.8 Å². The molecule has 0 fully saturated rings. The molecule has 2 rings (SSSR count). The molecule has 0 aliphatic rings. The van der Waals surface area contributed by atoms with Crippen molar-refractivity contribution in [2.75, 3.05) is 26.4 Å². The van der Waals surface area contributed by atoms with E-state index in [1.807, 2.05) is 6.92 Å². The van der Waals surface area contributed by atoms with Crippen molar-refractivity contribution in [3.05, 3.63) is 46.3 Å². The Kier molecular flexibility index (Phi) is 10.8. The van der Waals surface area contributed by atoms with Gasteiger partial charge in [-0.1, -0.05) is 12.1 Å². The van der Waals surface area contributed by atoms with Gasteiger partial charge in [-0.25, -0.2) is 13.1 Å². The van der Waals surface area contributed by atoms with Crippen LogP contribution < -0.4 is 15.4 Å². The van der Waals surface area contributed by atoms with Crippen LogP contribution in [0.5, 0.6) is 0 Å². The number of guanidine groups is 1. The summed E-state index contributed by atoms with van der Waals surface area (Å²) in [4.78, 5) is 6.39. The Labute approximate surface area is 193 Å². The number of nitrogens with zero attached hydrogens (tertiary/aromatic N) is 1. The minimum Gasteiger partial charge on any atom is -0.355 e. The molecule has 6 nitrogen and oxygen atoms in total. The first-order chi connectivity index (χ1) is 12.9. The molecular weight excluding hydrogens is 527 g/mol. The van der Waals surface area contributed by atoms with Crippen molar-refractivity contribution in [1.29, 1.82) is 0 Å². The summed E-state index contributed by atoms with van der Waals surface area (Å²) in [6.45, 7) is 5.33. The van der Waals surface area contributed by atoms with Gasteiger partial charge >= 0.3 is 0 Å². The molecule has 0 unspecified atom stereocenters. The Bertz CT molecular complexity index is 898. The zero-order chi connectivity index (χ0) is 19.9. The summed E-state index contributed by atoms with van der Waals surface area (Å²) < 4.78 is 27.3. The number of hydrogen-bond acceptors (Lipinski definition) is 5. The first-order valence-corrected chi connectivity index (χ1v) is 12.0. The van der Waals surface area contributed by atoms with Gasteiger partial charge in [0, 0.05) is 36.5 Å². The van der Waals surface area contributed by atoms with Crippen LogP contribution in [-0.2, 0) is 16.6 Å². The van der Waals surface area contributed by atoms with Crippen molar-refractivity contribution in [3.8, 4) is 0 Å². The lowest BCUT2D eigenvalue weighted by Gasteiger charge is -2.14. The fourth-order valence-electron chi connectivity index (χ4n) is 2.39. The molecule has 0 bridgehead atoms. The van der Waals surface area contributed by atoms with Gasteiger partial charge in [-0.2, -0.15) is 0 Å². The quantitative estimate of drug-likeness (QED) is 0.153. The van der Waals surface area contributed by atoms with Crippen molar-refractivity contribution in [3.63, 3.8) is 0 Å². The fourth-order valence-corrected chi connectivity index (χ4v) is 5.46. The predicted molar refractivity (Wildman–Crippen MR) is 131 cm³/mol. The Morgan fingerprint density at radius 3 is 2.50 bits per heavy atom. The Hall–Kier alpha value is -0.820. The molecule has 0 saturated heterocycles. The number of halogens is 1. The van der Waals surface area contributed by atoms with Crippen molar-refractivity contribution < 1.29 is 8.42 Å². The lowest BCUT2D eigenvalue weighted by atomic mass is 10.1. The molecule has 0 aliphatic heterocycles. The molecule has 10 heteroatoms. The van der Waals surface area contributed by atoms with Crippen LogP contribution in [0.3, 0.4) is 0 Å². The molecule has 28 heavy (non-hydrogen) atoms. The van der Waals surface area contributed by atoms with Gasteiger partial charge in [0.1, 0.15) is 4.21 Å². The molecule has 0 amide bonds. The molecule has 0 atom stereocenters. The average molecular weight is 555 g/mol. The van der Waals surface area contributed by atoms with Gasteiger partial charge in [-0.3, -0.25) is 4.99 Å². The van der Waals surface area contributed by atoms with Crippen molar-refractivity contribution >= 4 is 63.1 Å². The highest BCUT2D eigenvalue weighted by Gasteiger charge is 2.15. The Morgan fingerprint density at radius 1 is 1.14 bits per heavy atom. The maximum atomic E-state index is 12.2. The largest absolute Gasteiger partial charge is 0.355 e. The van der Waals surface area contributed by atoms with Crippen molar-refractivity contribution in [2.24, 2.45) is 4.99 Å². The summed E-state index contributed by atoms with van der Waals surface area (Å²) >= 11 is 2.98. The number of thiophene rings is 1. The number of benzene rings is 1. The van der Waals surface area contributed by atoms with E-state index >= 15 is 0 Å². The third-order valence-corrected chi connectivity index (χ3v) is 7.58. The van der Waals surface area contributed by atoms with E-state index in [-0.39, 0.29) is 30.5 Å². The lowest BCUT2D eigenvalue weighted by Crippen LogP contribution is -2.41. The van der Waals surface area contributed by atoms with E-state index in [2.05, 4.69) is 51.7 Å². The summed E-state index contributed by atoms with van der Waals surface area (Å²) in [5.41, 5.74) is 2.43. The zero-order valence-corrected chi connectivity index (χ0v) is 21.2. The third-order valence-electron chi connectivity index (χ3n) is 3.80. The zero-order valence-electron chi connectivity index (χ0n) is 16.4. The van der Waals surface area contributed by atoms with Gasteiger partial charge in [-0.15, -0.1) is 47.1 Å². The second-order valence-electron chi connectivity index (χ2n) is 5.93. The first kappa shape index (κ1) is 25.2.